The predicted octanol–water partition coefficient (Wildman–Crippen LogP) is 4.16. The van der Waals surface area contributed by atoms with Gasteiger partial charge in [-0.2, -0.15) is 0 Å². The van der Waals surface area contributed by atoms with Crippen molar-refractivity contribution < 1.29 is 9.53 Å². The molecule has 0 radical (unpaired) electrons. The van der Waals surface area contributed by atoms with Crippen molar-refractivity contribution in [3.05, 3.63) is 33.8 Å². The second kappa shape index (κ2) is 6.22. The summed E-state index contributed by atoms with van der Waals surface area (Å²) in [6, 6.07) is 6.87. The predicted molar refractivity (Wildman–Crippen MR) is 88.4 cm³/mol. The molecule has 0 spiro atoms. The van der Waals surface area contributed by atoms with Gasteiger partial charge in [0, 0.05) is 28.3 Å². The largest absolute Gasteiger partial charge is 0.466 e. The van der Waals surface area contributed by atoms with Crippen molar-refractivity contribution in [3.8, 4) is 0 Å². The minimum atomic E-state index is -0.204. The molecule has 0 amide bonds. The number of hydrogen-bond acceptors (Lipinski definition) is 3. The van der Waals surface area contributed by atoms with Gasteiger partial charge in [0.15, 0.2) is 0 Å². The van der Waals surface area contributed by atoms with Crippen LogP contribution in [-0.2, 0) is 9.53 Å². The maximum atomic E-state index is 12.0. The third-order valence-electron chi connectivity index (χ3n) is 4.45. The Bertz CT molecular complexity index is 582. The van der Waals surface area contributed by atoms with Gasteiger partial charge in [0.25, 0.3) is 0 Å². The summed E-state index contributed by atoms with van der Waals surface area (Å²) in [5.41, 5.74) is 3.13. The molecule has 2 aliphatic heterocycles. The normalized spacial score (nSPS) is 24.0. The Labute approximate surface area is 134 Å². The number of ether oxygens (including phenoxy) is 1. The lowest BCUT2D eigenvalue weighted by atomic mass is 9.91. The zero-order valence-electron chi connectivity index (χ0n) is 12.3. The number of nitrogens with zero attached hydrogens (tertiary/aromatic N) is 1. The third kappa shape index (κ3) is 3.00. The van der Waals surface area contributed by atoms with Crippen molar-refractivity contribution in [2.24, 2.45) is 0 Å². The zero-order valence-corrected chi connectivity index (χ0v) is 13.9. The molecular weight excluding hydrogens is 330 g/mol. The fraction of sp³-hybridized carbons (Fsp3) is 0.471. The van der Waals surface area contributed by atoms with E-state index in [1.165, 1.54) is 32.1 Å². The summed E-state index contributed by atoms with van der Waals surface area (Å²) in [5.74, 6) is -0.204. The number of halogens is 1. The van der Waals surface area contributed by atoms with Crippen LogP contribution in [0.15, 0.2) is 28.2 Å². The number of methoxy groups -OCH3 is 1. The van der Waals surface area contributed by atoms with Crippen LogP contribution in [0, 0.1) is 0 Å². The fourth-order valence-electron chi connectivity index (χ4n) is 3.39. The lowest BCUT2D eigenvalue weighted by Gasteiger charge is -2.39. The standard InChI is InChI=1S/C17H20BrNO2/c1-21-17(20)12-5-7-15-4-2-3-9-19(15)16-8-6-14(18)11-13(16)10-12/h6,8,10-11,15H,2-5,7,9H2,1H3/b12-10+. The first-order valence-corrected chi connectivity index (χ1v) is 8.33. The highest BCUT2D eigenvalue weighted by atomic mass is 79.9. The molecule has 1 fully saturated rings. The lowest BCUT2D eigenvalue weighted by molar-refractivity contribution is -0.136. The van der Waals surface area contributed by atoms with Crippen molar-refractivity contribution in [2.45, 2.75) is 38.1 Å². The number of piperidine rings is 1. The molecule has 1 aromatic rings. The number of esters is 1. The average molecular weight is 350 g/mol. The Morgan fingerprint density at radius 3 is 3.00 bits per heavy atom. The minimum Gasteiger partial charge on any atom is -0.466 e. The summed E-state index contributed by atoms with van der Waals surface area (Å²) in [7, 11) is 1.46. The Morgan fingerprint density at radius 1 is 1.33 bits per heavy atom. The molecule has 2 aliphatic rings. The number of carbonyl (C=O) groups excluding carboxylic acids is 1. The highest BCUT2D eigenvalue weighted by molar-refractivity contribution is 9.10. The molecule has 0 aliphatic carbocycles. The van der Waals surface area contributed by atoms with E-state index in [-0.39, 0.29) is 5.97 Å². The molecule has 112 valence electrons. The highest BCUT2D eigenvalue weighted by Crippen LogP contribution is 2.35. The van der Waals surface area contributed by atoms with Crippen LogP contribution in [0.4, 0.5) is 5.69 Å². The number of hydrogen-bond donors (Lipinski definition) is 0. The Morgan fingerprint density at radius 2 is 2.19 bits per heavy atom. The Hall–Kier alpha value is -1.29. The van der Waals surface area contributed by atoms with E-state index in [2.05, 4.69) is 39.0 Å². The van der Waals surface area contributed by atoms with Crippen molar-refractivity contribution >= 4 is 33.7 Å². The van der Waals surface area contributed by atoms with Gasteiger partial charge in [-0.1, -0.05) is 15.9 Å². The number of fused-ring (bicyclic) bond motifs is 3. The second-order valence-electron chi connectivity index (χ2n) is 5.75. The summed E-state index contributed by atoms with van der Waals surface area (Å²) in [4.78, 5) is 14.5. The lowest BCUT2D eigenvalue weighted by Crippen LogP contribution is -2.40. The van der Waals surface area contributed by atoms with E-state index in [0.717, 1.165) is 35.0 Å². The quantitative estimate of drug-likeness (QED) is 0.713. The average Bonchev–Trinajstić information content (AvgIpc) is 2.49. The van der Waals surface area contributed by atoms with Crippen molar-refractivity contribution in [1.29, 1.82) is 0 Å². The monoisotopic (exact) mass is 349 g/mol. The number of benzene rings is 1. The summed E-state index contributed by atoms with van der Waals surface area (Å²) in [5, 5.41) is 0. The smallest absolute Gasteiger partial charge is 0.333 e. The molecule has 0 aromatic heterocycles. The van der Waals surface area contributed by atoms with Crippen molar-refractivity contribution in [2.75, 3.05) is 18.6 Å². The number of carbonyl (C=O) groups is 1. The SMILES string of the molecule is COC(=O)/C1=C/c2cc(Br)ccc2N2CCCCC2CC1. The van der Waals surface area contributed by atoms with Gasteiger partial charge in [-0.25, -0.2) is 4.79 Å². The summed E-state index contributed by atoms with van der Waals surface area (Å²) in [6.07, 6.45) is 7.56. The molecule has 0 saturated carbocycles. The molecule has 1 atom stereocenters. The molecule has 1 saturated heterocycles. The van der Waals surface area contributed by atoms with E-state index in [0.29, 0.717) is 6.04 Å². The molecule has 1 aromatic carbocycles. The topological polar surface area (TPSA) is 29.5 Å². The Balaban J connectivity index is 2.08. The van der Waals surface area contributed by atoms with Gasteiger partial charge in [-0.15, -0.1) is 0 Å². The molecule has 3 rings (SSSR count). The third-order valence-corrected chi connectivity index (χ3v) is 4.94. The Kier molecular flexibility index (Phi) is 4.34. The first-order chi connectivity index (χ1) is 10.2. The van der Waals surface area contributed by atoms with Gasteiger partial charge in [-0.05, 0) is 61.9 Å². The van der Waals surface area contributed by atoms with Crippen molar-refractivity contribution in [1.82, 2.24) is 0 Å². The van der Waals surface area contributed by atoms with Crippen LogP contribution >= 0.6 is 15.9 Å². The van der Waals surface area contributed by atoms with Crippen LogP contribution in [-0.4, -0.2) is 25.7 Å². The van der Waals surface area contributed by atoms with E-state index >= 15 is 0 Å². The van der Waals surface area contributed by atoms with Gasteiger partial charge in [0.2, 0.25) is 0 Å². The van der Waals surface area contributed by atoms with Gasteiger partial charge in [0.1, 0.15) is 0 Å². The van der Waals surface area contributed by atoms with Crippen LogP contribution in [0.3, 0.4) is 0 Å². The molecule has 4 heteroatoms. The summed E-state index contributed by atoms with van der Waals surface area (Å²) >= 11 is 3.53. The van der Waals surface area contributed by atoms with Crippen LogP contribution in [0.1, 0.15) is 37.7 Å². The highest BCUT2D eigenvalue weighted by Gasteiger charge is 2.27. The molecule has 2 heterocycles. The van der Waals surface area contributed by atoms with E-state index < -0.39 is 0 Å². The first-order valence-electron chi connectivity index (χ1n) is 7.54. The van der Waals surface area contributed by atoms with Gasteiger partial charge >= 0.3 is 5.97 Å². The van der Waals surface area contributed by atoms with Crippen LogP contribution in [0.5, 0.6) is 0 Å². The van der Waals surface area contributed by atoms with Crippen LogP contribution < -0.4 is 4.90 Å². The molecular formula is C17H20BrNO2. The van der Waals surface area contributed by atoms with Crippen LogP contribution in [0.2, 0.25) is 0 Å². The molecule has 3 nitrogen and oxygen atoms in total. The molecule has 21 heavy (non-hydrogen) atoms. The van der Waals surface area contributed by atoms with E-state index in [4.69, 9.17) is 4.74 Å². The van der Waals surface area contributed by atoms with E-state index in [9.17, 15) is 4.79 Å². The van der Waals surface area contributed by atoms with Gasteiger partial charge < -0.3 is 9.64 Å². The first kappa shape index (κ1) is 14.6. The summed E-state index contributed by atoms with van der Waals surface area (Å²) < 4.78 is 5.97. The van der Waals surface area contributed by atoms with Crippen LogP contribution in [0.25, 0.3) is 6.08 Å². The van der Waals surface area contributed by atoms with Gasteiger partial charge in [-0.3, -0.25) is 0 Å². The maximum Gasteiger partial charge on any atom is 0.333 e. The minimum absolute atomic E-state index is 0.204. The zero-order chi connectivity index (χ0) is 14.8. The van der Waals surface area contributed by atoms with Crippen molar-refractivity contribution in [3.63, 3.8) is 0 Å². The van der Waals surface area contributed by atoms with E-state index in [1.807, 2.05) is 6.08 Å². The van der Waals surface area contributed by atoms with Gasteiger partial charge in [0.05, 0.1) is 7.11 Å². The molecule has 1 unspecified atom stereocenters. The molecule has 0 bridgehead atoms. The number of rotatable bonds is 1. The van der Waals surface area contributed by atoms with E-state index in [1.54, 1.807) is 0 Å². The summed E-state index contributed by atoms with van der Waals surface area (Å²) in [6.45, 7) is 1.11. The maximum absolute atomic E-state index is 12.0. The molecule has 0 N–H and O–H groups in total. The fourth-order valence-corrected chi connectivity index (χ4v) is 3.77. The second-order valence-corrected chi connectivity index (χ2v) is 6.66. The number of anilines is 1.